The number of carbonyl (C=O) groups excluding carboxylic acids is 1. The molecule has 5 nitrogen and oxygen atoms in total. The second kappa shape index (κ2) is 5.20. The molecule has 0 aromatic carbocycles. The third-order valence-corrected chi connectivity index (χ3v) is 3.35. The first kappa shape index (κ1) is 12.6. The van der Waals surface area contributed by atoms with Gasteiger partial charge in [-0.2, -0.15) is 0 Å². The second-order valence-corrected chi connectivity index (χ2v) is 5.17. The third kappa shape index (κ3) is 3.31. The molecule has 0 unspecified atom stereocenters. The molecule has 17 heavy (non-hydrogen) atoms. The fraction of sp³-hybridized carbons (Fsp3) is 0.545. The van der Waals surface area contributed by atoms with Crippen LogP contribution in [0, 0.1) is 0 Å². The zero-order valence-electron chi connectivity index (χ0n) is 9.33. The number of aliphatic hydroxyl groups is 1. The van der Waals surface area contributed by atoms with Crippen molar-refractivity contribution in [3.8, 4) is 0 Å². The Kier molecular flexibility index (Phi) is 3.86. The Balaban J connectivity index is 1.87. The summed E-state index contributed by atoms with van der Waals surface area (Å²) in [6.07, 6.45) is 2.81. The Bertz CT molecular complexity index is 399. The Morgan fingerprint density at radius 2 is 2.29 bits per heavy atom. The average Bonchev–Trinajstić information content (AvgIpc) is 2.74. The number of nitrogens with one attached hydrogen (secondary N) is 2. The molecule has 3 N–H and O–H groups in total. The summed E-state index contributed by atoms with van der Waals surface area (Å²) >= 11 is 3.26. The van der Waals surface area contributed by atoms with Crippen LogP contribution in [-0.2, 0) is 4.74 Å². The number of H-pyrrole nitrogens is 1. The van der Waals surface area contributed by atoms with E-state index in [-0.39, 0.29) is 12.5 Å². The number of amides is 1. The molecule has 1 saturated heterocycles. The Hall–Kier alpha value is -0.850. The molecule has 0 saturated carbocycles. The van der Waals surface area contributed by atoms with E-state index in [0.29, 0.717) is 31.7 Å². The first-order chi connectivity index (χ1) is 8.09. The van der Waals surface area contributed by atoms with Crippen LogP contribution in [0.1, 0.15) is 23.3 Å². The van der Waals surface area contributed by atoms with E-state index in [1.807, 2.05) is 0 Å². The van der Waals surface area contributed by atoms with Crippen molar-refractivity contribution >= 4 is 21.8 Å². The summed E-state index contributed by atoms with van der Waals surface area (Å²) in [6, 6.07) is 1.70. The van der Waals surface area contributed by atoms with Gasteiger partial charge in [0.1, 0.15) is 5.69 Å². The minimum Gasteiger partial charge on any atom is -0.388 e. The van der Waals surface area contributed by atoms with Gasteiger partial charge in [-0.25, -0.2) is 0 Å². The average molecular weight is 303 g/mol. The number of hydrogen-bond donors (Lipinski definition) is 3. The smallest absolute Gasteiger partial charge is 0.267 e. The van der Waals surface area contributed by atoms with Crippen LogP contribution in [0.5, 0.6) is 0 Å². The highest BCUT2D eigenvalue weighted by Gasteiger charge is 2.30. The molecular formula is C11H15BrN2O3. The normalized spacial score (nSPS) is 18.9. The van der Waals surface area contributed by atoms with Gasteiger partial charge in [0.05, 0.1) is 5.60 Å². The van der Waals surface area contributed by atoms with Gasteiger partial charge in [0, 0.05) is 43.3 Å². The van der Waals surface area contributed by atoms with Crippen molar-refractivity contribution in [2.24, 2.45) is 0 Å². The van der Waals surface area contributed by atoms with Gasteiger partial charge < -0.3 is 20.1 Å². The van der Waals surface area contributed by atoms with Crippen molar-refractivity contribution in [3.05, 3.63) is 22.4 Å². The molecule has 0 aliphatic carbocycles. The number of aromatic nitrogens is 1. The number of ether oxygens (including phenoxy) is 1. The lowest BCUT2D eigenvalue weighted by atomic mass is 9.94. The lowest BCUT2D eigenvalue weighted by molar-refractivity contribution is -0.0605. The maximum absolute atomic E-state index is 11.7. The summed E-state index contributed by atoms with van der Waals surface area (Å²) < 4.78 is 6.00. The molecule has 2 rings (SSSR count). The summed E-state index contributed by atoms with van der Waals surface area (Å²) in [4.78, 5) is 14.6. The first-order valence-electron chi connectivity index (χ1n) is 5.51. The Morgan fingerprint density at radius 1 is 1.59 bits per heavy atom. The van der Waals surface area contributed by atoms with Crippen LogP contribution >= 0.6 is 15.9 Å². The van der Waals surface area contributed by atoms with Crippen LogP contribution in [0.15, 0.2) is 16.7 Å². The number of carbonyl (C=O) groups is 1. The highest BCUT2D eigenvalue weighted by atomic mass is 79.9. The van der Waals surface area contributed by atoms with Crippen LogP contribution in [0.2, 0.25) is 0 Å². The number of aromatic amines is 1. The predicted octanol–water partition coefficient (Wildman–Crippen LogP) is 1.05. The lowest BCUT2D eigenvalue weighted by Crippen LogP contribution is -2.46. The molecule has 0 atom stereocenters. The maximum Gasteiger partial charge on any atom is 0.267 e. The van der Waals surface area contributed by atoms with Crippen molar-refractivity contribution in [2.45, 2.75) is 18.4 Å². The monoisotopic (exact) mass is 302 g/mol. The van der Waals surface area contributed by atoms with Gasteiger partial charge in [-0.15, -0.1) is 0 Å². The minimum atomic E-state index is -0.836. The molecule has 1 aromatic heterocycles. The molecule has 94 valence electrons. The lowest BCUT2D eigenvalue weighted by Gasteiger charge is -2.31. The molecule has 1 fully saturated rings. The van der Waals surface area contributed by atoms with Crippen LogP contribution in [0.3, 0.4) is 0 Å². The first-order valence-corrected chi connectivity index (χ1v) is 6.31. The Labute approximate surface area is 108 Å². The molecule has 0 radical (unpaired) electrons. The molecule has 2 heterocycles. The Morgan fingerprint density at radius 3 is 2.88 bits per heavy atom. The molecule has 1 aromatic rings. The number of hydrogen-bond acceptors (Lipinski definition) is 3. The third-order valence-electron chi connectivity index (χ3n) is 2.89. The summed E-state index contributed by atoms with van der Waals surface area (Å²) in [5.41, 5.74) is -0.356. The van der Waals surface area contributed by atoms with Gasteiger partial charge in [-0.3, -0.25) is 4.79 Å². The highest BCUT2D eigenvalue weighted by molar-refractivity contribution is 9.10. The van der Waals surface area contributed by atoms with E-state index < -0.39 is 5.60 Å². The summed E-state index contributed by atoms with van der Waals surface area (Å²) in [5, 5.41) is 12.9. The standard InChI is InChI=1S/C11H15BrN2O3/c12-8-5-9(13-6-8)10(15)14-7-11(16)1-3-17-4-2-11/h5-6,13,16H,1-4,7H2,(H,14,15). The molecule has 0 bridgehead atoms. The van der Waals surface area contributed by atoms with Gasteiger partial charge in [0.2, 0.25) is 0 Å². The van der Waals surface area contributed by atoms with E-state index in [9.17, 15) is 9.90 Å². The zero-order valence-corrected chi connectivity index (χ0v) is 10.9. The zero-order chi connectivity index (χ0) is 12.3. The van der Waals surface area contributed by atoms with Crippen molar-refractivity contribution in [2.75, 3.05) is 19.8 Å². The van der Waals surface area contributed by atoms with Crippen molar-refractivity contribution in [3.63, 3.8) is 0 Å². The van der Waals surface area contributed by atoms with Crippen LogP contribution < -0.4 is 5.32 Å². The van der Waals surface area contributed by atoms with Crippen LogP contribution in [0.25, 0.3) is 0 Å². The van der Waals surface area contributed by atoms with Gasteiger partial charge in [-0.1, -0.05) is 0 Å². The molecule has 1 aliphatic heterocycles. The van der Waals surface area contributed by atoms with E-state index >= 15 is 0 Å². The summed E-state index contributed by atoms with van der Waals surface area (Å²) in [5.74, 6) is -0.212. The summed E-state index contributed by atoms with van der Waals surface area (Å²) in [6.45, 7) is 1.34. The second-order valence-electron chi connectivity index (χ2n) is 4.25. The molecule has 6 heteroatoms. The van der Waals surface area contributed by atoms with Crippen molar-refractivity contribution in [1.82, 2.24) is 10.3 Å². The van der Waals surface area contributed by atoms with Gasteiger partial charge in [0.25, 0.3) is 5.91 Å². The van der Waals surface area contributed by atoms with Gasteiger partial charge in [0.15, 0.2) is 0 Å². The quantitative estimate of drug-likeness (QED) is 0.781. The predicted molar refractivity (Wildman–Crippen MR) is 65.8 cm³/mol. The largest absolute Gasteiger partial charge is 0.388 e. The van der Waals surface area contributed by atoms with E-state index in [2.05, 4.69) is 26.2 Å². The van der Waals surface area contributed by atoms with Gasteiger partial charge in [-0.05, 0) is 22.0 Å². The highest BCUT2D eigenvalue weighted by Crippen LogP contribution is 2.19. The molecule has 0 spiro atoms. The maximum atomic E-state index is 11.7. The van der Waals surface area contributed by atoms with Crippen molar-refractivity contribution < 1.29 is 14.6 Å². The van der Waals surface area contributed by atoms with Crippen LogP contribution in [-0.4, -0.2) is 41.4 Å². The van der Waals surface area contributed by atoms with E-state index in [1.165, 1.54) is 0 Å². The van der Waals surface area contributed by atoms with Crippen LogP contribution in [0.4, 0.5) is 0 Å². The SMILES string of the molecule is O=C(NCC1(O)CCOCC1)c1cc(Br)c[nH]1. The van der Waals surface area contributed by atoms with Crippen molar-refractivity contribution in [1.29, 1.82) is 0 Å². The molecule has 1 aliphatic rings. The van der Waals surface area contributed by atoms with E-state index in [4.69, 9.17) is 4.74 Å². The summed E-state index contributed by atoms with van der Waals surface area (Å²) in [7, 11) is 0. The van der Waals surface area contributed by atoms with Gasteiger partial charge >= 0.3 is 0 Å². The topological polar surface area (TPSA) is 74.3 Å². The minimum absolute atomic E-state index is 0.212. The fourth-order valence-electron chi connectivity index (χ4n) is 1.77. The number of halogens is 1. The molecular weight excluding hydrogens is 288 g/mol. The number of rotatable bonds is 3. The fourth-order valence-corrected chi connectivity index (χ4v) is 2.11. The van der Waals surface area contributed by atoms with E-state index in [1.54, 1.807) is 12.3 Å². The molecule has 1 amide bonds. The van der Waals surface area contributed by atoms with E-state index in [0.717, 1.165) is 4.47 Å².